The molecule has 0 spiro atoms. The highest BCUT2D eigenvalue weighted by Gasteiger charge is 2.46. The second-order valence-corrected chi connectivity index (χ2v) is 9.75. The first-order valence-corrected chi connectivity index (χ1v) is 13.3. The Morgan fingerprint density at radius 3 is 2.44 bits per heavy atom. The predicted molar refractivity (Wildman–Crippen MR) is 153 cm³/mol. The molecule has 0 unspecified atom stereocenters. The lowest BCUT2D eigenvalue weighted by Crippen LogP contribution is -2.29. The molecule has 0 saturated carbocycles. The fraction of sp³-hybridized carbons (Fsp3) is 0.182. The Hall–Kier alpha value is -5.11. The van der Waals surface area contributed by atoms with Gasteiger partial charge in [-0.25, -0.2) is 0 Å². The molecule has 0 bridgehead atoms. The minimum absolute atomic E-state index is 0.0551. The summed E-state index contributed by atoms with van der Waals surface area (Å²) in [7, 11) is 0. The summed E-state index contributed by atoms with van der Waals surface area (Å²) < 4.78 is 11.5. The molecule has 2 N–H and O–H groups in total. The standard InChI is InChI=1S/C33H30N2O6/c1-3-40-28-17-25(11-14-27(28)36)30-29(32(38)33(39)35(30)19-23-8-5-15-34-18-23)31(37)24-9-12-26(13-10-24)41-20-22-7-4-6-21(2)16-22/h4-18,30,36-37H,3,19-20H2,1-2H3/t30-/m1/s1. The number of aliphatic hydroxyl groups is 1. The number of carbonyl (C=O) groups is 2. The average Bonchev–Trinajstić information content (AvgIpc) is 3.23. The number of amides is 1. The molecule has 1 saturated heterocycles. The lowest BCUT2D eigenvalue weighted by Gasteiger charge is -2.26. The molecule has 0 aliphatic carbocycles. The quantitative estimate of drug-likeness (QED) is 0.156. The summed E-state index contributed by atoms with van der Waals surface area (Å²) in [6.07, 6.45) is 3.24. The van der Waals surface area contributed by atoms with Gasteiger partial charge in [0, 0.05) is 24.5 Å². The topological polar surface area (TPSA) is 109 Å². The number of hydrogen-bond donors (Lipinski definition) is 2. The highest BCUT2D eigenvalue weighted by molar-refractivity contribution is 6.46. The second kappa shape index (κ2) is 12.0. The van der Waals surface area contributed by atoms with Crippen LogP contribution in [0.15, 0.2) is 96.8 Å². The van der Waals surface area contributed by atoms with Crippen LogP contribution < -0.4 is 9.47 Å². The van der Waals surface area contributed by atoms with Gasteiger partial charge in [0.25, 0.3) is 11.7 Å². The number of phenols is 1. The van der Waals surface area contributed by atoms with Gasteiger partial charge in [0.15, 0.2) is 11.5 Å². The lowest BCUT2D eigenvalue weighted by molar-refractivity contribution is -0.140. The highest BCUT2D eigenvalue weighted by atomic mass is 16.5. The molecule has 8 heteroatoms. The summed E-state index contributed by atoms with van der Waals surface area (Å²) in [5.74, 6) is -1.12. The van der Waals surface area contributed by atoms with Crippen LogP contribution >= 0.6 is 0 Å². The van der Waals surface area contributed by atoms with Crippen molar-refractivity contribution in [3.8, 4) is 17.2 Å². The molecule has 1 amide bonds. The first kappa shape index (κ1) is 27.5. The van der Waals surface area contributed by atoms with Crippen molar-refractivity contribution < 1.29 is 29.3 Å². The molecule has 1 fully saturated rings. The molecule has 1 aromatic heterocycles. The van der Waals surface area contributed by atoms with E-state index >= 15 is 0 Å². The van der Waals surface area contributed by atoms with Crippen molar-refractivity contribution in [1.29, 1.82) is 0 Å². The maximum atomic E-state index is 13.4. The van der Waals surface area contributed by atoms with Gasteiger partial charge in [0.05, 0.1) is 18.2 Å². The lowest BCUT2D eigenvalue weighted by atomic mass is 9.94. The number of aromatic hydroxyl groups is 1. The van der Waals surface area contributed by atoms with E-state index in [1.807, 2.05) is 31.2 Å². The van der Waals surface area contributed by atoms with Gasteiger partial charge in [-0.05, 0) is 73.0 Å². The van der Waals surface area contributed by atoms with Crippen LogP contribution in [-0.4, -0.2) is 38.4 Å². The average molecular weight is 551 g/mol. The molecule has 0 radical (unpaired) electrons. The summed E-state index contributed by atoms with van der Waals surface area (Å²) in [6.45, 7) is 4.59. The minimum Gasteiger partial charge on any atom is -0.507 e. The molecule has 1 atom stereocenters. The Kier molecular flexibility index (Phi) is 8.01. The normalized spacial score (nSPS) is 16.1. The second-order valence-electron chi connectivity index (χ2n) is 9.75. The third-order valence-corrected chi connectivity index (χ3v) is 6.83. The largest absolute Gasteiger partial charge is 0.507 e. The van der Waals surface area contributed by atoms with Crippen molar-refractivity contribution in [2.75, 3.05) is 6.61 Å². The number of pyridine rings is 1. The molecule has 8 nitrogen and oxygen atoms in total. The van der Waals surface area contributed by atoms with Gasteiger partial charge in [-0.15, -0.1) is 0 Å². The smallest absolute Gasteiger partial charge is 0.295 e. The van der Waals surface area contributed by atoms with Crippen LogP contribution in [0.4, 0.5) is 0 Å². The van der Waals surface area contributed by atoms with Crippen molar-refractivity contribution in [2.24, 2.45) is 0 Å². The third-order valence-electron chi connectivity index (χ3n) is 6.83. The zero-order chi connectivity index (χ0) is 28.9. The van der Waals surface area contributed by atoms with Gasteiger partial charge in [0.2, 0.25) is 0 Å². The molecule has 208 valence electrons. The van der Waals surface area contributed by atoms with E-state index in [0.717, 1.165) is 16.7 Å². The first-order chi connectivity index (χ1) is 19.9. The Balaban J connectivity index is 1.50. The van der Waals surface area contributed by atoms with Gasteiger partial charge in [-0.1, -0.05) is 42.0 Å². The Morgan fingerprint density at radius 1 is 0.951 bits per heavy atom. The van der Waals surface area contributed by atoms with Crippen LogP contribution in [0.3, 0.4) is 0 Å². The Morgan fingerprint density at radius 2 is 1.73 bits per heavy atom. The van der Waals surface area contributed by atoms with Crippen LogP contribution in [-0.2, 0) is 22.7 Å². The number of ether oxygens (including phenoxy) is 2. The zero-order valence-corrected chi connectivity index (χ0v) is 22.8. The maximum absolute atomic E-state index is 13.4. The van der Waals surface area contributed by atoms with Gasteiger partial charge >= 0.3 is 0 Å². The minimum atomic E-state index is -0.924. The van der Waals surface area contributed by atoms with Crippen LogP contribution in [0.1, 0.15) is 40.8 Å². The van der Waals surface area contributed by atoms with Crippen LogP contribution in [0.25, 0.3) is 5.76 Å². The molecule has 1 aliphatic rings. The van der Waals surface area contributed by atoms with Crippen molar-refractivity contribution in [3.63, 3.8) is 0 Å². The third kappa shape index (κ3) is 5.91. The zero-order valence-electron chi connectivity index (χ0n) is 22.8. The number of aryl methyl sites for hydroxylation is 1. The molecule has 1 aliphatic heterocycles. The molecular formula is C33H30N2O6. The van der Waals surface area contributed by atoms with Gasteiger partial charge in [-0.3, -0.25) is 14.6 Å². The Bertz CT molecular complexity index is 1600. The van der Waals surface area contributed by atoms with Gasteiger partial charge in [-0.2, -0.15) is 0 Å². The number of hydrogen-bond acceptors (Lipinski definition) is 7. The number of ketones is 1. The van der Waals surface area contributed by atoms with Gasteiger partial charge < -0.3 is 24.6 Å². The van der Waals surface area contributed by atoms with E-state index in [4.69, 9.17) is 9.47 Å². The molecule has 5 rings (SSSR count). The van der Waals surface area contributed by atoms with Crippen LogP contribution in [0.5, 0.6) is 17.2 Å². The molecule has 3 aromatic carbocycles. The summed E-state index contributed by atoms with van der Waals surface area (Å²) in [5.41, 5.74) is 3.71. The summed E-state index contributed by atoms with van der Waals surface area (Å²) >= 11 is 0. The number of carbonyl (C=O) groups excluding carboxylic acids is 2. The van der Waals surface area contributed by atoms with E-state index in [9.17, 15) is 19.8 Å². The molecular weight excluding hydrogens is 520 g/mol. The van der Waals surface area contributed by atoms with Crippen molar-refractivity contribution >= 4 is 17.4 Å². The van der Waals surface area contributed by atoms with E-state index in [1.54, 1.807) is 67.8 Å². The summed E-state index contributed by atoms with van der Waals surface area (Å²) in [6, 6.07) is 22.0. The van der Waals surface area contributed by atoms with Crippen LogP contribution in [0, 0.1) is 6.92 Å². The predicted octanol–water partition coefficient (Wildman–Crippen LogP) is 5.70. The van der Waals surface area contributed by atoms with E-state index in [0.29, 0.717) is 30.1 Å². The van der Waals surface area contributed by atoms with Crippen LogP contribution in [0.2, 0.25) is 0 Å². The number of aliphatic hydroxyl groups excluding tert-OH is 1. The van der Waals surface area contributed by atoms with E-state index in [-0.39, 0.29) is 29.4 Å². The van der Waals surface area contributed by atoms with Crippen molar-refractivity contribution in [2.45, 2.75) is 33.0 Å². The monoisotopic (exact) mass is 550 g/mol. The first-order valence-electron chi connectivity index (χ1n) is 13.3. The van der Waals surface area contributed by atoms with Crippen molar-refractivity contribution in [3.05, 3.63) is 125 Å². The number of phenolic OH excluding ortho intramolecular Hbond substituents is 1. The van der Waals surface area contributed by atoms with E-state index in [2.05, 4.69) is 4.98 Å². The number of Topliss-reactive ketones (excluding diaryl/α,β-unsaturated/α-hetero) is 1. The number of rotatable bonds is 9. The number of benzene rings is 3. The number of likely N-dealkylation sites (tertiary alicyclic amines) is 1. The molecule has 2 heterocycles. The van der Waals surface area contributed by atoms with E-state index in [1.165, 1.54) is 11.0 Å². The molecule has 41 heavy (non-hydrogen) atoms. The van der Waals surface area contributed by atoms with E-state index < -0.39 is 17.7 Å². The molecule has 4 aromatic rings. The SMILES string of the molecule is CCOc1cc([C@@H]2C(=C(O)c3ccc(OCc4cccc(C)c4)cc3)C(=O)C(=O)N2Cc2cccnc2)ccc1O. The Labute approximate surface area is 238 Å². The summed E-state index contributed by atoms with van der Waals surface area (Å²) in [4.78, 5) is 32.2. The maximum Gasteiger partial charge on any atom is 0.295 e. The summed E-state index contributed by atoms with van der Waals surface area (Å²) in [5, 5.41) is 21.7. The number of aromatic nitrogens is 1. The number of nitrogens with zero attached hydrogens (tertiary/aromatic N) is 2. The van der Waals surface area contributed by atoms with Crippen molar-refractivity contribution in [1.82, 2.24) is 9.88 Å². The van der Waals surface area contributed by atoms with Gasteiger partial charge in [0.1, 0.15) is 18.1 Å². The fourth-order valence-corrected chi connectivity index (χ4v) is 4.88. The highest BCUT2D eigenvalue weighted by Crippen LogP contribution is 2.42. The fourth-order valence-electron chi connectivity index (χ4n) is 4.88.